The summed E-state index contributed by atoms with van der Waals surface area (Å²) in [5, 5.41) is 3.90. The zero-order chi connectivity index (χ0) is 12.5. The van der Waals surface area contributed by atoms with E-state index >= 15 is 0 Å². The minimum Gasteiger partial charge on any atom is -0.376 e. The Balaban J connectivity index is 2.25. The molecule has 0 amide bonds. The van der Waals surface area contributed by atoms with Crippen LogP contribution in [0, 0.1) is 0 Å². The summed E-state index contributed by atoms with van der Waals surface area (Å²) in [6, 6.07) is 12.9. The Hall–Kier alpha value is -0.900. The van der Waals surface area contributed by atoms with Gasteiger partial charge in [0.15, 0.2) is 0 Å². The topological polar surface area (TPSA) is 9.23 Å². The van der Waals surface area contributed by atoms with Crippen LogP contribution in [-0.2, 0) is 11.3 Å². The minimum absolute atomic E-state index is 0.685. The predicted octanol–water partition coefficient (Wildman–Crippen LogP) is 5.35. The van der Waals surface area contributed by atoms with Crippen LogP contribution in [0.15, 0.2) is 40.9 Å². The van der Waals surface area contributed by atoms with Crippen molar-refractivity contribution in [2.24, 2.45) is 0 Å². The molecule has 1 nitrogen and oxygen atoms in total. The van der Waals surface area contributed by atoms with E-state index in [2.05, 4.69) is 52.3 Å². The summed E-state index contributed by atoms with van der Waals surface area (Å²) in [7, 11) is 0. The predicted molar refractivity (Wildman–Crippen MR) is 82.4 cm³/mol. The first-order valence-electron chi connectivity index (χ1n) is 5.97. The van der Waals surface area contributed by atoms with Crippen LogP contribution in [0.4, 0.5) is 0 Å². The first-order chi connectivity index (χ1) is 8.81. The Labute approximate surface area is 119 Å². The molecule has 1 heterocycles. The van der Waals surface area contributed by atoms with Crippen LogP contribution in [0.2, 0.25) is 0 Å². The van der Waals surface area contributed by atoms with Crippen LogP contribution in [0.5, 0.6) is 0 Å². The molecule has 1 aromatic heterocycles. The first-order valence-corrected chi connectivity index (χ1v) is 7.58. The van der Waals surface area contributed by atoms with Gasteiger partial charge in [-0.1, -0.05) is 36.4 Å². The summed E-state index contributed by atoms with van der Waals surface area (Å²) in [6.07, 6.45) is 0. The van der Waals surface area contributed by atoms with Crippen molar-refractivity contribution in [2.75, 3.05) is 6.61 Å². The lowest BCUT2D eigenvalue weighted by Gasteiger charge is -1.98. The van der Waals surface area contributed by atoms with Gasteiger partial charge in [0.1, 0.15) is 0 Å². The summed E-state index contributed by atoms with van der Waals surface area (Å²) >= 11 is 5.52. The Morgan fingerprint density at radius 1 is 1.11 bits per heavy atom. The van der Waals surface area contributed by atoms with Gasteiger partial charge in [-0.15, -0.1) is 11.3 Å². The van der Waals surface area contributed by atoms with Gasteiger partial charge >= 0.3 is 0 Å². The minimum atomic E-state index is 0.685. The number of fused-ring (bicyclic) bond motifs is 3. The molecule has 18 heavy (non-hydrogen) atoms. The largest absolute Gasteiger partial charge is 0.376 e. The third kappa shape index (κ3) is 1.96. The van der Waals surface area contributed by atoms with E-state index in [4.69, 9.17) is 4.74 Å². The first kappa shape index (κ1) is 12.2. The highest BCUT2D eigenvalue weighted by Gasteiger charge is 2.11. The number of thiophene rings is 1. The van der Waals surface area contributed by atoms with E-state index in [1.165, 1.54) is 30.2 Å². The monoisotopic (exact) mass is 320 g/mol. The van der Waals surface area contributed by atoms with E-state index in [0.717, 1.165) is 6.61 Å². The van der Waals surface area contributed by atoms with Gasteiger partial charge in [-0.2, -0.15) is 0 Å². The summed E-state index contributed by atoms with van der Waals surface area (Å²) < 4.78 is 8.05. The Morgan fingerprint density at radius 2 is 1.94 bits per heavy atom. The summed E-state index contributed by atoms with van der Waals surface area (Å²) in [5.74, 6) is 0. The molecule has 0 saturated heterocycles. The Bertz CT molecular complexity index is 702. The maximum atomic E-state index is 5.52. The van der Waals surface area contributed by atoms with E-state index in [9.17, 15) is 0 Å². The SMILES string of the molecule is CCOCc1sc2c(ccc3ccccc32)c1Br. The zero-order valence-electron chi connectivity index (χ0n) is 10.1. The van der Waals surface area contributed by atoms with Crippen molar-refractivity contribution in [1.29, 1.82) is 0 Å². The van der Waals surface area contributed by atoms with Gasteiger partial charge in [0.25, 0.3) is 0 Å². The van der Waals surface area contributed by atoms with E-state index in [0.29, 0.717) is 6.61 Å². The number of hydrogen-bond donors (Lipinski definition) is 0. The van der Waals surface area contributed by atoms with Gasteiger partial charge in [0.05, 0.1) is 6.61 Å². The summed E-state index contributed by atoms with van der Waals surface area (Å²) in [4.78, 5) is 1.27. The molecule has 3 heteroatoms. The maximum Gasteiger partial charge on any atom is 0.0821 e. The normalized spacial score (nSPS) is 11.4. The molecule has 0 N–H and O–H groups in total. The standard InChI is InChI=1S/C15H13BrOS/c1-2-17-9-13-14(16)12-8-7-10-5-3-4-6-11(10)15(12)18-13/h3-8H,2,9H2,1H3. The molecule has 0 atom stereocenters. The van der Waals surface area contributed by atoms with E-state index in [-0.39, 0.29) is 0 Å². The molecule has 0 aliphatic carbocycles. The lowest BCUT2D eigenvalue weighted by molar-refractivity contribution is 0.136. The highest BCUT2D eigenvalue weighted by Crippen LogP contribution is 2.39. The van der Waals surface area contributed by atoms with Crippen molar-refractivity contribution < 1.29 is 4.74 Å². The molecule has 0 bridgehead atoms. The second-order valence-corrected chi connectivity index (χ2v) is 6.04. The van der Waals surface area contributed by atoms with E-state index in [1.54, 1.807) is 0 Å². The number of ether oxygens (including phenoxy) is 1. The number of halogens is 1. The van der Waals surface area contributed by atoms with Crippen LogP contribution >= 0.6 is 27.3 Å². The molecule has 3 rings (SSSR count). The van der Waals surface area contributed by atoms with Crippen LogP contribution < -0.4 is 0 Å². The fourth-order valence-corrected chi connectivity index (χ4v) is 4.11. The lowest BCUT2D eigenvalue weighted by Crippen LogP contribution is -1.88. The molecule has 0 aliphatic rings. The number of benzene rings is 2. The molecule has 0 radical (unpaired) electrons. The number of rotatable bonds is 3. The third-order valence-electron chi connectivity index (χ3n) is 3.02. The highest BCUT2D eigenvalue weighted by atomic mass is 79.9. The lowest BCUT2D eigenvalue weighted by atomic mass is 10.1. The summed E-state index contributed by atoms with van der Waals surface area (Å²) in [6.45, 7) is 3.46. The molecular weight excluding hydrogens is 308 g/mol. The molecule has 0 unspecified atom stereocenters. The average molecular weight is 321 g/mol. The number of hydrogen-bond acceptors (Lipinski definition) is 2. The Morgan fingerprint density at radius 3 is 2.78 bits per heavy atom. The van der Waals surface area contributed by atoms with Gasteiger partial charge in [-0.25, -0.2) is 0 Å². The van der Waals surface area contributed by atoms with Gasteiger partial charge < -0.3 is 4.74 Å². The van der Waals surface area contributed by atoms with E-state index in [1.807, 2.05) is 18.3 Å². The average Bonchev–Trinajstić information content (AvgIpc) is 2.74. The molecular formula is C15H13BrOS. The molecule has 3 aromatic rings. The second-order valence-electron chi connectivity index (χ2n) is 4.14. The molecule has 2 aromatic carbocycles. The fraction of sp³-hybridized carbons (Fsp3) is 0.200. The zero-order valence-corrected chi connectivity index (χ0v) is 12.5. The van der Waals surface area contributed by atoms with Crippen molar-refractivity contribution in [3.63, 3.8) is 0 Å². The summed E-state index contributed by atoms with van der Waals surface area (Å²) in [5.41, 5.74) is 0. The van der Waals surface area contributed by atoms with Gasteiger partial charge in [0, 0.05) is 26.0 Å². The van der Waals surface area contributed by atoms with Crippen LogP contribution in [0.1, 0.15) is 11.8 Å². The quantitative estimate of drug-likeness (QED) is 0.631. The molecule has 0 saturated carbocycles. The van der Waals surface area contributed by atoms with Crippen LogP contribution in [-0.4, -0.2) is 6.61 Å². The second kappa shape index (κ2) is 5.00. The van der Waals surface area contributed by atoms with E-state index < -0.39 is 0 Å². The maximum absolute atomic E-state index is 5.52. The van der Waals surface area contributed by atoms with Gasteiger partial charge in [-0.05, 0) is 33.6 Å². The van der Waals surface area contributed by atoms with Gasteiger partial charge in [0.2, 0.25) is 0 Å². The van der Waals surface area contributed by atoms with Crippen molar-refractivity contribution in [3.8, 4) is 0 Å². The molecule has 0 fully saturated rings. The fourth-order valence-electron chi connectivity index (χ4n) is 2.13. The van der Waals surface area contributed by atoms with Crippen LogP contribution in [0.3, 0.4) is 0 Å². The van der Waals surface area contributed by atoms with Crippen molar-refractivity contribution in [3.05, 3.63) is 45.7 Å². The van der Waals surface area contributed by atoms with Crippen molar-refractivity contribution in [2.45, 2.75) is 13.5 Å². The molecule has 0 aliphatic heterocycles. The molecule has 92 valence electrons. The smallest absolute Gasteiger partial charge is 0.0821 e. The van der Waals surface area contributed by atoms with Crippen LogP contribution in [0.25, 0.3) is 20.9 Å². The Kier molecular flexibility index (Phi) is 3.37. The highest BCUT2D eigenvalue weighted by molar-refractivity contribution is 9.10. The van der Waals surface area contributed by atoms with Gasteiger partial charge in [-0.3, -0.25) is 0 Å². The third-order valence-corrected chi connectivity index (χ3v) is 5.40. The van der Waals surface area contributed by atoms with Crippen molar-refractivity contribution in [1.82, 2.24) is 0 Å². The van der Waals surface area contributed by atoms with Crippen molar-refractivity contribution >= 4 is 48.1 Å². The molecule has 0 spiro atoms.